The molecule has 0 aliphatic carbocycles. The van der Waals surface area contributed by atoms with Crippen molar-refractivity contribution in [1.29, 1.82) is 0 Å². The van der Waals surface area contributed by atoms with E-state index in [1.54, 1.807) is 6.07 Å². The van der Waals surface area contributed by atoms with E-state index in [9.17, 15) is 4.79 Å². The molecule has 20 heavy (non-hydrogen) atoms. The smallest absolute Gasteiger partial charge is 0.339 e. The van der Waals surface area contributed by atoms with Gasteiger partial charge in [-0.3, -0.25) is 0 Å². The lowest BCUT2D eigenvalue weighted by Crippen LogP contribution is -2.08. The third-order valence-electron chi connectivity index (χ3n) is 3.01. The molecule has 104 valence electrons. The van der Waals surface area contributed by atoms with Crippen LogP contribution in [0.5, 0.6) is 0 Å². The molecule has 0 spiro atoms. The summed E-state index contributed by atoms with van der Waals surface area (Å²) in [6, 6.07) is 13.5. The molecule has 3 nitrogen and oxygen atoms in total. The summed E-state index contributed by atoms with van der Waals surface area (Å²) in [6.45, 7) is 2.68. The number of methoxy groups -OCH3 is 1. The Morgan fingerprint density at radius 1 is 1.25 bits per heavy atom. The fourth-order valence-corrected chi connectivity index (χ4v) is 2.54. The van der Waals surface area contributed by atoms with E-state index in [1.165, 1.54) is 12.7 Å². The maximum atomic E-state index is 11.7. The Kier molecular flexibility index (Phi) is 4.79. The van der Waals surface area contributed by atoms with Crippen molar-refractivity contribution in [1.82, 2.24) is 0 Å². The van der Waals surface area contributed by atoms with Crippen LogP contribution in [0, 0.1) is 6.92 Å². The molecule has 0 unspecified atom stereocenters. The summed E-state index contributed by atoms with van der Waals surface area (Å²) in [7, 11) is 1.38. The van der Waals surface area contributed by atoms with Gasteiger partial charge in [0.25, 0.3) is 0 Å². The number of halogens is 1. The van der Waals surface area contributed by atoms with Crippen LogP contribution in [-0.2, 0) is 11.3 Å². The van der Waals surface area contributed by atoms with Gasteiger partial charge in [0.2, 0.25) is 0 Å². The predicted octanol–water partition coefficient (Wildman–Crippen LogP) is 4.16. The number of anilines is 1. The van der Waals surface area contributed by atoms with Crippen LogP contribution in [0.15, 0.2) is 46.9 Å². The highest BCUT2D eigenvalue weighted by Gasteiger charge is 2.10. The Balaban J connectivity index is 2.17. The first-order chi connectivity index (χ1) is 9.61. The van der Waals surface area contributed by atoms with Crippen molar-refractivity contribution in [3.05, 3.63) is 63.6 Å². The molecule has 0 aliphatic heterocycles. The van der Waals surface area contributed by atoms with Crippen molar-refractivity contribution in [2.24, 2.45) is 0 Å². The molecule has 2 rings (SSSR count). The van der Waals surface area contributed by atoms with Gasteiger partial charge >= 0.3 is 5.97 Å². The zero-order chi connectivity index (χ0) is 14.5. The first-order valence-electron chi connectivity index (χ1n) is 6.28. The molecule has 2 aromatic rings. The second kappa shape index (κ2) is 6.57. The van der Waals surface area contributed by atoms with E-state index in [2.05, 4.69) is 46.4 Å². The quantitative estimate of drug-likeness (QED) is 0.854. The predicted molar refractivity (Wildman–Crippen MR) is 84.0 cm³/mol. The minimum Gasteiger partial charge on any atom is -0.465 e. The van der Waals surface area contributed by atoms with Crippen molar-refractivity contribution in [3.63, 3.8) is 0 Å². The molecular formula is C16H16BrNO2. The number of carbonyl (C=O) groups excluding carboxylic acids is 1. The Morgan fingerprint density at radius 2 is 2.00 bits per heavy atom. The highest BCUT2D eigenvalue weighted by Crippen LogP contribution is 2.21. The standard InChI is InChI=1S/C16H16BrNO2/c1-11-7-8-12(14(17)9-11)10-18-15-6-4-3-5-13(15)16(19)20-2/h3-9,18H,10H2,1-2H3. The number of carbonyl (C=O) groups is 1. The lowest BCUT2D eigenvalue weighted by molar-refractivity contribution is 0.0602. The number of hydrogen-bond donors (Lipinski definition) is 1. The first kappa shape index (κ1) is 14.6. The number of benzene rings is 2. The van der Waals surface area contributed by atoms with Crippen LogP contribution in [0.3, 0.4) is 0 Å². The van der Waals surface area contributed by atoms with Crippen molar-refractivity contribution < 1.29 is 9.53 Å². The molecule has 0 bridgehead atoms. The Morgan fingerprint density at radius 3 is 2.70 bits per heavy atom. The Labute approximate surface area is 127 Å². The molecule has 0 aliphatic rings. The van der Waals surface area contributed by atoms with Crippen LogP contribution in [-0.4, -0.2) is 13.1 Å². The first-order valence-corrected chi connectivity index (χ1v) is 7.07. The molecule has 0 heterocycles. The second-order valence-electron chi connectivity index (χ2n) is 4.49. The van der Waals surface area contributed by atoms with Crippen molar-refractivity contribution in [2.75, 3.05) is 12.4 Å². The van der Waals surface area contributed by atoms with Crippen molar-refractivity contribution >= 4 is 27.6 Å². The Hall–Kier alpha value is -1.81. The van der Waals surface area contributed by atoms with Crippen molar-refractivity contribution in [2.45, 2.75) is 13.5 Å². The summed E-state index contributed by atoms with van der Waals surface area (Å²) in [6.07, 6.45) is 0. The summed E-state index contributed by atoms with van der Waals surface area (Å²) in [5, 5.41) is 3.27. The van der Waals surface area contributed by atoms with Gasteiger partial charge in [0, 0.05) is 16.7 Å². The molecule has 0 aromatic heterocycles. The second-order valence-corrected chi connectivity index (χ2v) is 5.34. The van der Waals surface area contributed by atoms with Gasteiger partial charge in [-0.15, -0.1) is 0 Å². The van der Waals surface area contributed by atoms with E-state index >= 15 is 0 Å². The van der Waals surface area contributed by atoms with Crippen LogP contribution >= 0.6 is 15.9 Å². The molecule has 0 saturated carbocycles. The SMILES string of the molecule is COC(=O)c1ccccc1NCc1ccc(C)cc1Br. The summed E-state index contributed by atoms with van der Waals surface area (Å²) in [4.78, 5) is 11.7. The van der Waals surface area contributed by atoms with Gasteiger partial charge < -0.3 is 10.1 Å². The monoisotopic (exact) mass is 333 g/mol. The summed E-state index contributed by atoms with van der Waals surface area (Å²) in [5.74, 6) is -0.337. The lowest BCUT2D eigenvalue weighted by Gasteiger charge is -2.12. The molecule has 0 radical (unpaired) electrons. The average Bonchev–Trinajstić information content (AvgIpc) is 2.46. The zero-order valence-electron chi connectivity index (χ0n) is 11.4. The van der Waals surface area contributed by atoms with E-state index in [0.717, 1.165) is 15.7 Å². The number of nitrogens with one attached hydrogen (secondary N) is 1. The number of aryl methyl sites for hydroxylation is 1. The maximum absolute atomic E-state index is 11.7. The van der Waals surface area contributed by atoms with Gasteiger partial charge in [0.15, 0.2) is 0 Å². The summed E-state index contributed by atoms with van der Waals surface area (Å²) in [5.41, 5.74) is 3.65. The minimum atomic E-state index is -0.337. The van der Waals surface area contributed by atoms with E-state index in [0.29, 0.717) is 12.1 Å². The molecule has 4 heteroatoms. The van der Waals surface area contributed by atoms with Gasteiger partial charge in [-0.2, -0.15) is 0 Å². The van der Waals surface area contributed by atoms with Crippen LogP contribution in [0.25, 0.3) is 0 Å². The van der Waals surface area contributed by atoms with Crippen molar-refractivity contribution in [3.8, 4) is 0 Å². The molecule has 0 atom stereocenters. The van der Waals surface area contributed by atoms with Gasteiger partial charge in [0.1, 0.15) is 0 Å². The largest absolute Gasteiger partial charge is 0.465 e. The Bertz CT molecular complexity index is 626. The molecular weight excluding hydrogens is 318 g/mol. The van der Waals surface area contributed by atoms with Crippen LogP contribution in [0.2, 0.25) is 0 Å². The molecule has 0 amide bonds. The average molecular weight is 334 g/mol. The normalized spacial score (nSPS) is 10.2. The molecule has 0 saturated heterocycles. The van der Waals surface area contributed by atoms with E-state index in [4.69, 9.17) is 4.74 Å². The van der Waals surface area contributed by atoms with Gasteiger partial charge in [0.05, 0.1) is 12.7 Å². The van der Waals surface area contributed by atoms with Crippen LogP contribution < -0.4 is 5.32 Å². The fraction of sp³-hybridized carbons (Fsp3) is 0.188. The van der Waals surface area contributed by atoms with Crippen LogP contribution in [0.1, 0.15) is 21.5 Å². The molecule has 0 fully saturated rings. The molecule has 1 N–H and O–H groups in total. The maximum Gasteiger partial charge on any atom is 0.339 e. The molecule has 2 aromatic carbocycles. The third kappa shape index (κ3) is 3.39. The number of esters is 1. The third-order valence-corrected chi connectivity index (χ3v) is 3.75. The lowest BCUT2D eigenvalue weighted by atomic mass is 10.1. The van der Waals surface area contributed by atoms with Crippen LogP contribution in [0.4, 0.5) is 5.69 Å². The van der Waals surface area contributed by atoms with E-state index in [1.807, 2.05) is 18.2 Å². The summed E-state index contributed by atoms with van der Waals surface area (Å²) < 4.78 is 5.84. The van der Waals surface area contributed by atoms with E-state index < -0.39 is 0 Å². The number of ether oxygens (including phenoxy) is 1. The van der Waals surface area contributed by atoms with E-state index in [-0.39, 0.29) is 5.97 Å². The van der Waals surface area contributed by atoms with Gasteiger partial charge in [-0.25, -0.2) is 4.79 Å². The fourth-order valence-electron chi connectivity index (χ4n) is 1.91. The number of para-hydroxylation sites is 1. The number of hydrogen-bond acceptors (Lipinski definition) is 3. The highest BCUT2D eigenvalue weighted by molar-refractivity contribution is 9.10. The highest BCUT2D eigenvalue weighted by atomic mass is 79.9. The summed E-state index contributed by atoms with van der Waals surface area (Å²) >= 11 is 3.55. The topological polar surface area (TPSA) is 38.3 Å². The number of rotatable bonds is 4. The van der Waals surface area contributed by atoms with Gasteiger partial charge in [-0.1, -0.05) is 40.2 Å². The minimum absolute atomic E-state index is 0.337. The van der Waals surface area contributed by atoms with Gasteiger partial charge in [-0.05, 0) is 36.2 Å². The zero-order valence-corrected chi connectivity index (χ0v) is 13.0.